The molecular formula is C14H22LiO4P. The molecule has 0 bridgehead atoms. The van der Waals surface area contributed by atoms with Crippen molar-refractivity contribution in [2.75, 3.05) is 21.3 Å². The van der Waals surface area contributed by atoms with Gasteiger partial charge in [-0.25, -0.2) is 0 Å². The van der Waals surface area contributed by atoms with Crippen molar-refractivity contribution in [2.45, 2.75) is 25.4 Å². The maximum atomic E-state index is 12.3. The standard InChI is InChI=1S/C14H21O4P.Li.H/c1-9(19)5-6-11(15)14-12(17-3)7-10(16-2)8-13(14)18-4;;/h7-9H,5-6,19H2,1-4H3;;. The van der Waals surface area contributed by atoms with Gasteiger partial charge in [-0.05, 0) is 12.1 Å². The first kappa shape index (κ1) is 19.3. The second kappa shape index (κ2) is 9.29. The average molecular weight is 292 g/mol. The zero-order chi connectivity index (χ0) is 14.4. The summed E-state index contributed by atoms with van der Waals surface area (Å²) in [4.78, 5) is 12.3. The number of methoxy groups -OCH3 is 3. The predicted molar refractivity (Wildman–Crippen MR) is 86.0 cm³/mol. The maximum absolute atomic E-state index is 12.3. The van der Waals surface area contributed by atoms with Crippen molar-refractivity contribution in [1.29, 1.82) is 0 Å². The van der Waals surface area contributed by atoms with Crippen molar-refractivity contribution in [2.24, 2.45) is 0 Å². The topological polar surface area (TPSA) is 44.8 Å². The average Bonchev–Trinajstić information content (AvgIpc) is 2.42. The molecular weight excluding hydrogens is 270 g/mol. The van der Waals surface area contributed by atoms with Gasteiger partial charge in [-0.2, -0.15) is 0 Å². The van der Waals surface area contributed by atoms with Crippen LogP contribution in [0.2, 0.25) is 0 Å². The Bertz CT molecular complexity index is 424. The Morgan fingerprint density at radius 1 is 1.15 bits per heavy atom. The summed E-state index contributed by atoms with van der Waals surface area (Å²) in [7, 11) is 7.31. The number of hydrogen-bond acceptors (Lipinski definition) is 4. The van der Waals surface area contributed by atoms with Crippen LogP contribution in [0.15, 0.2) is 12.1 Å². The van der Waals surface area contributed by atoms with E-state index in [0.29, 0.717) is 34.9 Å². The summed E-state index contributed by atoms with van der Waals surface area (Å²) in [6.07, 6.45) is 1.27. The molecule has 0 heterocycles. The van der Waals surface area contributed by atoms with Gasteiger partial charge in [0, 0.05) is 18.6 Å². The number of ketones is 1. The molecule has 0 aromatic heterocycles. The molecule has 0 aliphatic rings. The van der Waals surface area contributed by atoms with Crippen LogP contribution in [0.3, 0.4) is 0 Å². The van der Waals surface area contributed by atoms with Gasteiger partial charge in [0.05, 0.1) is 21.3 Å². The van der Waals surface area contributed by atoms with E-state index >= 15 is 0 Å². The van der Waals surface area contributed by atoms with Gasteiger partial charge in [0.15, 0.2) is 5.78 Å². The molecule has 1 aromatic rings. The summed E-state index contributed by atoms with van der Waals surface area (Å²) in [5, 5.41) is 0. The summed E-state index contributed by atoms with van der Waals surface area (Å²) in [5.41, 5.74) is 0.885. The van der Waals surface area contributed by atoms with Gasteiger partial charge in [0.25, 0.3) is 0 Å². The number of Topliss-reactive ketones (excluding diaryl/α,β-unsaturated/α-hetero) is 1. The van der Waals surface area contributed by atoms with Crippen molar-refractivity contribution in [3.8, 4) is 17.2 Å². The molecule has 0 saturated heterocycles. The summed E-state index contributed by atoms with van der Waals surface area (Å²) < 4.78 is 15.7. The Morgan fingerprint density at radius 2 is 1.65 bits per heavy atom. The van der Waals surface area contributed by atoms with E-state index in [-0.39, 0.29) is 24.6 Å². The van der Waals surface area contributed by atoms with Crippen LogP contribution in [0.5, 0.6) is 17.2 Å². The molecule has 1 aromatic carbocycles. The van der Waals surface area contributed by atoms with E-state index in [1.54, 1.807) is 19.2 Å². The minimum atomic E-state index is 0. The number of hydrogen-bond donors (Lipinski definition) is 0. The Kier molecular flexibility index (Phi) is 8.97. The van der Waals surface area contributed by atoms with Crippen LogP contribution in [-0.2, 0) is 0 Å². The fraction of sp³-hybridized carbons (Fsp3) is 0.500. The Labute approximate surface area is 134 Å². The molecule has 6 heteroatoms. The zero-order valence-electron chi connectivity index (χ0n) is 11.9. The van der Waals surface area contributed by atoms with Crippen molar-refractivity contribution in [3.05, 3.63) is 17.7 Å². The Hall–Kier alpha value is -0.683. The molecule has 0 spiro atoms. The van der Waals surface area contributed by atoms with Gasteiger partial charge in [-0.15, -0.1) is 9.24 Å². The fourth-order valence-corrected chi connectivity index (χ4v) is 1.93. The summed E-state index contributed by atoms with van der Waals surface area (Å²) in [6, 6.07) is 3.39. The first-order valence-corrected chi connectivity index (χ1v) is 6.79. The number of carbonyl (C=O) groups excluding carboxylic acids is 1. The monoisotopic (exact) mass is 292 g/mol. The Morgan fingerprint density at radius 3 is 2.00 bits per heavy atom. The quantitative estimate of drug-likeness (QED) is 0.439. The van der Waals surface area contributed by atoms with E-state index in [1.807, 2.05) is 0 Å². The predicted octanol–water partition coefficient (Wildman–Crippen LogP) is 2.29. The molecule has 0 fully saturated rings. The molecule has 0 aliphatic carbocycles. The van der Waals surface area contributed by atoms with Gasteiger partial charge in [-0.1, -0.05) is 6.92 Å². The van der Waals surface area contributed by atoms with E-state index in [4.69, 9.17) is 14.2 Å². The van der Waals surface area contributed by atoms with Crippen LogP contribution in [-0.4, -0.2) is 51.6 Å². The molecule has 0 saturated carbocycles. The number of benzene rings is 1. The number of carbonyl (C=O) groups is 1. The van der Waals surface area contributed by atoms with Crippen LogP contribution in [0.4, 0.5) is 0 Å². The second-order valence-corrected chi connectivity index (χ2v) is 5.48. The summed E-state index contributed by atoms with van der Waals surface area (Å²) in [6.45, 7) is 2.06. The summed E-state index contributed by atoms with van der Waals surface area (Å²) >= 11 is 0. The van der Waals surface area contributed by atoms with Crippen molar-refractivity contribution in [1.82, 2.24) is 0 Å². The third-order valence-electron chi connectivity index (χ3n) is 2.82. The first-order valence-electron chi connectivity index (χ1n) is 6.12. The van der Waals surface area contributed by atoms with Gasteiger partial charge < -0.3 is 14.2 Å². The Balaban J connectivity index is 0.00000361. The molecule has 0 aliphatic heterocycles. The molecule has 2 unspecified atom stereocenters. The number of ether oxygens (including phenoxy) is 3. The molecule has 0 amide bonds. The molecule has 108 valence electrons. The minimum absolute atomic E-state index is 0. The van der Waals surface area contributed by atoms with Gasteiger partial charge in [-0.3, -0.25) is 4.79 Å². The van der Waals surface area contributed by atoms with E-state index in [0.717, 1.165) is 6.42 Å². The van der Waals surface area contributed by atoms with Gasteiger partial charge in [0.2, 0.25) is 0 Å². The molecule has 0 N–H and O–H groups in total. The van der Waals surface area contributed by atoms with E-state index in [1.165, 1.54) is 14.2 Å². The van der Waals surface area contributed by atoms with E-state index in [2.05, 4.69) is 16.2 Å². The van der Waals surface area contributed by atoms with Gasteiger partial charge in [0.1, 0.15) is 22.8 Å². The molecule has 0 radical (unpaired) electrons. The van der Waals surface area contributed by atoms with Crippen molar-refractivity contribution >= 4 is 33.9 Å². The first-order chi connectivity index (χ1) is 9.03. The van der Waals surface area contributed by atoms with Crippen LogP contribution < -0.4 is 14.2 Å². The SMILES string of the molecule is COc1cc(OC)c(C(=O)CCC(C)P)c(OC)c1.[LiH]. The van der Waals surface area contributed by atoms with Gasteiger partial charge >= 0.3 is 18.9 Å². The van der Waals surface area contributed by atoms with Crippen LogP contribution in [0.1, 0.15) is 30.1 Å². The molecule has 2 atom stereocenters. The van der Waals surface area contributed by atoms with Crippen LogP contribution >= 0.6 is 9.24 Å². The van der Waals surface area contributed by atoms with Crippen molar-refractivity contribution < 1.29 is 19.0 Å². The molecule has 20 heavy (non-hydrogen) atoms. The zero-order valence-corrected chi connectivity index (χ0v) is 13.0. The third kappa shape index (κ3) is 5.02. The molecule has 1 rings (SSSR count). The van der Waals surface area contributed by atoms with Crippen molar-refractivity contribution in [3.63, 3.8) is 0 Å². The van der Waals surface area contributed by atoms with Crippen LogP contribution in [0, 0.1) is 0 Å². The van der Waals surface area contributed by atoms with E-state index in [9.17, 15) is 4.79 Å². The number of rotatable bonds is 7. The third-order valence-corrected chi connectivity index (χ3v) is 3.15. The second-order valence-electron chi connectivity index (χ2n) is 4.35. The fourth-order valence-electron chi connectivity index (χ4n) is 1.76. The van der Waals surface area contributed by atoms with Crippen LogP contribution in [0.25, 0.3) is 0 Å². The normalized spacial score (nSPS) is 11.2. The van der Waals surface area contributed by atoms with E-state index < -0.39 is 0 Å². The summed E-state index contributed by atoms with van der Waals surface area (Å²) in [5.74, 6) is 1.59. The molecule has 4 nitrogen and oxygen atoms in total.